The fraction of sp³-hybridized carbons (Fsp3) is 0.200. The molecule has 0 N–H and O–H groups in total. The van der Waals surface area contributed by atoms with E-state index in [-0.39, 0.29) is 24.3 Å². The molecule has 5 nitrogen and oxygen atoms in total. The fourth-order valence-corrected chi connectivity index (χ4v) is 1.08. The monoisotopic (exact) mass is 204 g/mol. The van der Waals surface area contributed by atoms with Gasteiger partial charge in [0.2, 0.25) is 0 Å². The van der Waals surface area contributed by atoms with Crippen LogP contribution in [0.25, 0.3) is 0 Å². The Hall–Kier alpha value is -2.22. The molecule has 0 radical (unpaired) electrons. The van der Waals surface area contributed by atoms with Gasteiger partial charge in [-0.2, -0.15) is 5.26 Å². The lowest BCUT2D eigenvalue weighted by atomic mass is 10.1. The van der Waals surface area contributed by atoms with E-state index >= 15 is 0 Å². The Morgan fingerprint density at radius 3 is 2.47 bits per heavy atom. The van der Waals surface area contributed by atoms with E-state index in [0.717, 1.165) is 0 Å². The van der Waals surface area contributed by atoms with E-state index in [0.29, 0.717) is 5.56 Å². The second-order valence-electron chi connectivity index (χ2n) is 2.89. The average molecular weight is 204 g/mol. The third-order valence-electron chi connectivity index (χ3n) is 1.86. The van der Waals surface area contributed by atoms with Gasteiger partial charge in [0, 0.05) is 30.5 Å². The molecule has 15 heavy (non-hydrogen) atoms. The Kier molecular flexibility index (Phi) is 3.52. The van der Waals surface area contributed by atoms with Crippen molar-refractivity contribution < 1.29 is 9.72 Å². The highest BCUT2D eigenvalue weighted by Crippen LogP contribution is 2.13. The summed E-state index contributed by atoms with van der Waals surface area (Å²) < 4.78 is 0. The highest BCUT2D eigenvalue weighted by Gasteiger charge is 2.08. The van der Waals surface area contributed by atoms with Crippen LogP contribution in [0.3, 0.4) is 0 Å². The third-order valence-corrected chi connectivity index (χ3v) is 1.86. The molecule has 0 aromatic heterocycles. The van der Waals surface area contributed by atoms with Crippen molar-refractivity contribution in [2.24, 2.45) is 0 Å². The van der Waals surface area contributed by atoms with Crippen molar-refractivity contribution in [3.8, 4) is 6.07 Å². The number of nitrogens with zero attached hydrogens (tertiary/aromatic N) is 2. The molecule has 0 bridgehead atoms. The van der Waals surface area contributed by atoms with Gasteiger partial charge in [0.15, 0.2) is 5.78 Å². The number of non-ortho nitro benzene ring substituents is 1. The number of carbonyl (C=O) groups excluding carboxylic acids is 1. The normalized spacial score (nSPS) is 9.27. The maximum Gasteiger partial charge on any atom is 0.269 e. The van der Waals surface area contributed by atoms with E-state index in [1.54, 1.807) is 0 Å². The summed E-state index contributed by atoms with van der Waals surface area (Å²) in [4.78, 5) is 21.2. The quantitative estimate of drug-likeness (QED) is 0.427. The van der Waals surface area contributed by atoms with E-state index < -0.39 is 4.92 Å². The largest absolute Gasteiger partial charge is 0.294 e. The highest BCUT2D eigenvalue weighted by molar-refractivity contribution is 5.96. The summed E-state index contributed by atoms with van der Waals surface area (Å²) in [6, 6.07) is 7.22. The van der Waals surface area contributed by atoms with Crippen LogP contribution in [0.1, 0.15) is 23.2 Å². The lowest BCUT2D eigenvalue weighted by Gasteiger charge is -1.97. The van der Waals surface area contributed by atoms with Crippen molar-refractivity contribution in [2.75, 3.05) is 0 Å². The summed E-state index contributed by atoms with van der Waals surface area (Å²) in [6.45, 7) is 0. The number of hydrogen-bond acceptors (Lipinski definition) is 4. The van der Waals surface area contributed by atoms with Crippen LogP contribution >= 0.6 is 0 Å². The number of hydrogen-bond donors (Lipinski definition) is 0. The third kappa shape index (κ3) is 2.88. The van der Waals surface area contributed by atoms with Gasteiger partial charge in [0.1, 0.15) is 0 Å². The van der Waals surface area contributed by atoms with Gasteiger partial charge in [-0.05, 0) is 12.1 Å². The molecule has 0 amide bonds. The lowest BCUT2D eigenvalue weighted by Crippen LogP contribution is -1.98. The number of carbonyl (C=O) groups is 1. The predicted octanol–water partition coefficient (Wildman–Crippen LogP) is 2.08. The Bertz CT molecular complexity index is 417. The molecule has 0 aliphatic heterocycles. The smallest absolute Gasteiger partial charge is 0.269 e. The van der Waals surface area contributed by atoms with Crippen LogP contribution in [0, 0.1) is 21.4 Å². The maximum atomic E-state index is 11.4. The van der Waals surface area contributed by atoms with Crippen LogP contribution in [0.5, 0.6) is 0 Å². The number of nitro benzene ring substituents is 1. The van der Waals surface area contributed by atoms with Crippen LogP contribution in [0.2, 0.25) is 0 Å². The minimum absolute atomic E-state index is 0.0492. The van der Waals surface area contributed by atoms with Crippen molar-refractivity contribution in [3.63, 3.8) is 0 Å². The van der Waals surface area contributed by atoms with Crippen molar-refractivity contribution in [3.05, 3.63) is 39.9 Å². The first-order valence-electron chi connectivity index (χ1n) is 4.29. The molecule has 0 unspecified atom stereocenters. The Balaban J connectivity index is 2.76. The molecule has 0 heterocycles. The molecule has 0 aliphatic rings. The zero-order valence-corrected chi connectivity index (χ0v) is 7.84. The summed E-state index contributed by atoms with van der Waals surface area (Å²) in [5.74, 6) is -0.175. The van der Waals surface area contributed by atoms with E-state index in [9.17, 15) is 14.9 Å². The zero-order valence-electron chi connectivity index (χ0n) is 7.84. The van der Waals surface area contributed by atoms with Gasteiger partial charge < -0.3 is 0 Å². The number of nitriles is 1. The Morgan fingerprint density at radius 2 is 2.00 bits per heavy atom. The average Bonchev–Trinajstić information content (AvgIpc) is 2.26. The van der Waals surface area contributed by atoms with Gasteiger partial charge in [-0.1, -0.05) is 0 Å². The summed E-state index contributed by atoms with van der Waals surface area (Å²) in [5.41, 5.74) is 0.350. The molecule has 76 valence electrons. The van der Waals surface area contributed by atoms with Crippen LogP contribution in [-0.2, 0) is 0 Å². The molecule has 0 aliphatic carbocycles. The molecule has 0 spiro atoms. The number of nitro groups is 1. The van der Waals surface area contributed by atoms with Crippen molar-refractivity contribution in [1.82, 2.24) is 0 Å². The van der Waals surface area contributed by atoms with E-state index in [2.05, 4.69) is 0 Å². The predicted molar refractivity (Wildman–Crippen MR) is 52.3 cm³/mol. The molecule has 0 fully saturated rings. The van der Waals surface area contributed by atoms with Crippen molar-refractivity contribution in [2.45, 2.75) is 12.8 Å². The van der Waals surface area contributed by atoms with E-state index in [1.165, 1.54) is 24.3 Å². The van der Waals surface area contributed by atoms with Crippen molar-refractivity contribution in [1.29, 1.82) is 5.26 Å². The van der Waals surface area contributed by atoms with Gasteiger partial charge in [0.25, 0.3) is 5.69 Å². The number of Topliss-reactive ketones (excluding diaryl/α,β-unsaturated/α-hetero) is 1. The molecule has 1 aromatic rings. The Labute approximate surface area is 86.1 Å². The van der Waals surface area contributed by atoms with E-state index in [4.69, 9.17) is 5.26 Å². The van der Waals surface area contributed by atoms with Crippen LogP contribution in [0.15, 0.2) is 24.3 Å². The molecule has 5 heteroatoms. The molecule has 1 aromatic carbocycles. The second-order valence-corrected chi connectivity index (χ2v) is 2.89. The van der Waals surface area contributed by atoms with Crippen LogP contribution in [0.4, 0.5) is 5.69 Å². The standard InChI is InChI=1S/C10H8N2O3/c11-7-1-2-10(13)8-3-5-9(6-4-8)12(14)15/h3-6H,1-2H2. The molecular formula is C10H8N2O3. The molecule has 0 saturated carbocycles. The minimum Gasteiger partial charge on any atom is -0.294 e. The number of benzene rings is 1. The number of ketones is 1. The maximum absolute atomic E-state index is 11.4. The summed E-state index contributed by atoms with van der Waals surface area (Å²) >= 11 is 0. The first kappa shape index (κ1) is 10.9. The SMILES string of the molecule is N#CCCC(=O)c1ccc([N+](=O)[O-])cc1. The highest BCUT2D eigenvalue weighted by atomic mass is 16.6. The first-order valence-corrected chi connectivity index (χ1v) is 4.29. The topological polar surface area (TPSA) is 84.0 Å². The lowest BCUT2D eigenvalue weighted by molar-refractivity contribution is -0.384. The second kappa shape index (κ2) is 4.86. The summed E-state index contributed by atoms with van der Waals surface area (Å²) in [5, 5.41) is 18.6. The molecular weight excluding hydrogens is 196 g/mol. The van der Waals surface area contributed by atoms with E-state index in [1.807, 2.05) is 6.07 Å². The molecule has 0 atom stereocenters. The fourth-order valence-electron chi connectivity index (χ4n) is 1.08. The Morgan fingerprint density at radius 1 is 1.40 bits per heavy atom. The van der Waals surface area contributed by atoms with Gasteiger partial charge in [-0.3, -0.25) is 14.9 Å². The number of rotatable bonds is 4. The van der Waals surface area contributed by atoms with Crippen LogP contribution < -0.4 is 0 Å². The summed E-state index contributed by atoms with van der Waals surface area (Å²) in [6.07, 6.45) is 0.310. The van der Waals surface area contributed by atoms with Crippen molar-refractivity contribution >= 4 is 11.5 Å². The van der Waals surface area contributed by atoms with Crippen LogP contribution in [-0.4, -0.2) is 10.7 Å². The van der Waals surface area contributed by atoms with Gasteiger partial charge in [-0.15, -0.1) is 0 Å². The first-order chi connectivity index (χ1) is 7.15. The summed E-state index contributed by atoms with van der Waals surface area (Å²) in [7, 11) is 0. The van der Waals surface area contributed by atoms with Gasteiger partial charge >= 0.3 is 0 Å². The van der Waals surface area contributed by atoms with Gasteiger partial charge in [-0.25, -0.2) is 0 Å². The zero-order chi connectivity index (χ0) is 11.3. The minimum atomic E-state index is -0.524. The molecule has 0 saturated heterocycles. The van der Waals surface area contributed by atoms with Gasteiger partial charge in [0.05, 0.1) is 11.0 Å². The molecule has 1 rings (SSSR count).